The summed E-state index contributed by atoms with van der Waals surface area (Å²) in [5.41, 5.74) is 1.31. The molecule has 1 aromatic rings. The molecule has 1 aromatic heterocycles. The van der Waals surface area contributed by atoms with Crippen LogP contribution in [-0.4, -0.2) is 23.6 Å². The van der Waals surface area contributed by atoms with Crippen LogP contribution in [0.4, 0.5) is 5.95 Å². The van der Waals surface area contributed by atoms with Crippen molar-refractivity contribution in [3.05, 3.63) is 17.5 Å². The van der Waals surface area contributed by atoms with Crippen molar-refractivity contribution in [3.8, 4) is 6.07 Å². The Balaban J connectivity index is 2.14. The lowest BCUT2D eigenvalue weighted by Gasteiger charge is -2.16. The highest BCUT2D eigenvalue weighted by atomic mass is 15.2. The average molecular weight is 202 g/mol. The first-order valence-corrected chi connectivity index (χ1v) is 5.15. The van der Waals surface area contributed by atoms with Gasteiger partial charge in [0.15, 0.2) is 0 Å². The van der Waals surface area contributed by atoms with Gasteiger partial charge in [-0.1, -0.05) is 0 Å². The van der Waals surface area contributed by atoms with Crippen LogP contribution in [0.15, 0.2) is 6.20 Å². The summed E-state index contributed by atoms with van der Waals surface area (Å²) in [5, 5.41) is 8.76. The molecule has 4 heteroatoms. The van der Waals surface area contributed by atoms with Crippen molar-refractivity contribution in [1.82, 2.24) is 9.97 Å². The van der Waals surface area contributed by atoms with Gasteiger partial charge in [-0.25, -0.2) is 9.97 Å². The lowest BCUT2D eigenvalue weighted by Crippen LogP contribution is -2.22. The molecule has 0 saturated heterocycles. The molecule has 15 heavy (non-hydrogen) atoms. The summed E-state index contributed by atoms with van der Waals surface area (Å²) in [4.78, 5) is 10.6. The Hall–Kier alpha value is -1.63. The number of rotatable bonds is 3. The maximum absolute atomic E-state index is 8.76. The van der Waals surface area contributed by atoms with Crippen LogP contribution >= 0.6 is 0 Å². The number of aryl methyl sites for hydroxylation is 1. The van der Waals surface area contributed by atoms with E-state index in [1.165, 1.54) is 12.8 Å². The fourth-order valence-corrected chi connectivity index (χ4v) is 1.52. The van der Waals surface area contributed by atoms with Crippen LogP contribution in [0.3, 0.4) is 0 Å². The van der Waals surface area contributed by atoms with Crippen molar-refractivity contribution >= 4 is 5.95 Å². The van der Waals surface area contributed by atoms with Crippen molar-refractivity contribution in [2.45, 2.75) is 19.8 Å². The van der Waals surface area contributed by atoms with Crippen LogP contribution in [0.1, 0.15) is 24.1 Å². The number of anilines is 1. The molecule has 1 aliphatic rings. The molecule has 0 bridgehead atoms. The highest BCUT2D eigenvalue weighted by molar-refractivity contribution is 5.37. The van der Waals surface area contributed by atoms with E-state index in [4.69, 9.17) is 5.26 Å². The van der Waals surface area contributed by atoms with E-state index in [9.17, 15) is 0 Å². The predicted octanol–water partition coefficient (Wildman–Crippen LogP) is 1.50. The lowest BCUT2D eigenvalue weighted by molar-refractivity contribution is 0.761. The normalized spacial score (nSPS) is 14.7. The zero-order valence-electron chi connectivity index (χ0n) is 9.06. The summed E-state index contributed by atoms with van der Waals surface area (Å²) < 4.78 is 0. The Morgan fingerprint density at radius 2 is 2.33 bits per heavy atom. The van der Waals surface area contributed by atoms with Gasteiger partial charge in [-0.05, 0) is 25.7 Å². The van der Waals surface area contributed by atoms with Gasteiger partial charge in [0, 0.05) is 13.6 Å². The first-order valence-electron chi connectivity index (χ1n) is 5.15. The monoisotopic (exact) mass is 202 g/mol. The Bertz CT molecular complexity index is 404. The first-order chi connectivity index (χ1) is 7.20. The first kappa shape index (κ1) is 9.91. The molecule has 0 N–H and O–H groups in total. The fourth-order valence-electron chi connectivity index (χ4n) is 1.52. The molecular formula is C11H14N4. The molecule has 1 fully saturated rings. The third-order valence-corrected chi connectivity index (χ3v) is 2.66. The van der Waals surface area contributed by atoms with Crippen molar-refractivity contribution in [2.24, 2.45) is 5.92 Å². The third-order valence-electron chi connectivity index (χ3n) is 2.66. The fraction of sp³-hybridized carbons (Fsp3) is 0.545. The van der Waals surface area contributed by atoms with Gasteiger partial charge in [-0.3, -0.25) is 0 Å². The SMILES string of the molecule is Cc1nc(N(C)CC2CC2)ncc1C#N. The van der Waals surface area contributed by atoms with Gasteiger partial charge in [0.2, 0.25) is 5.95 Å². The van der Waals surface area contributed by atoms with Crippen molar-refractivity contribution in [1.29, 1.82) is 5.26 Å². The summed E-state index contributed by atoms with van der Waals surface area (Å²) in [7, 11) is 2.00. The maximum atomic E-state index is 8.76. The van der Waals surface area contributed by atoms with E-state index in [0.29, 0.717) is 5.56 Å². The van der Waals surface area contributed by atoms with E-state index in [2.05, 4.69) is 20.9 Å². The molecule has 1 aliphatic carbocycles. The summed E-state index contributed by atoms with van der Waals surface area (Å²) in [6, 6.07) is 2.07. The van der Waals surface area contributed by atoms with E-state index in [0.717, 1.165) is 24.1 Å². The molecule has 1 heterocycles. The van der Waals surface area contributed by atoms with Crippen LogP contribution in [-0.2, 0) is 0 Å². The van der Waals surface area contributed by atoms with Gasteiger partial charge in [-0.15, -0.1) is 0 Å². The zero-order chi connectivity index (χ0) is 10.8. The number of hydrogen-bond acceptors (Lipinski definition) is 4. The number of nitrogens with zero attached hydrogens (tertiary/aromatic N) is 4. The van der Waals surface area contributed by atoms with Gasteiger partial charge >= 0.3 is 0 Å². The highest BCUT2D eigenvalue weighted by Gasteiger charge is 2.23. The summed E-state index contributed by atoms with van der Waals surface area (Å²) >= 11 is 0. The highest BCUT2D eigenvalue weighted by Crippen LogP contribution is 2.30. The number of hydrogen-bond donors (Lipinski definition) is 0. The average Bonchev–Trinajstić information content (AvgIpc) is 3.01. The minimum absolute atomic E-state index is 0.554. The second kappa shape index (κ2) is 3.85. The van der Waals surface area contributed by atoms with Crippen LogP contribution in [0.25, 0.3) is 0 Å². The Morgan fingerprint density at radius 3 is 2.87 bits per heavy atom. The van der Waals surface area contributed by atoms with Gasteiger partial charge < -0.3 is 4.90 Å². The van der Waals surface area contributed by atoms with Gasteiger partial charge in [0.05, 0.1) is 17.5 Å². The van der Waals surface area contributed by atoms with Gasteiger partial charge in [0.25, 0.3) is 0 Å². The molecule has 1 saturated carbocycles. The quantitative estimate of drug-likeness (QED) is 0.745. The minimum Gasteiger partial charge on any atom is -0.344 e. The second-order valence-electron chi connectivity index (χ2n) is 4.10. The predicted molar refractivity (Wildman–Crippen MR) is 57.5 cm³/mol. The van der Waals surface area contributed by atoms with Crippen LogP contribution in [0, 0.1) is 24.2 Å². The molecule has 0 radical (unpaired) electrons. The Morgan fingerprint density at radius 1 is 1.60 bits per heavy atom. The molecule has 4 nitrogen and oxygen atoms in total. The topological polar surface area (TPSA) is 52.8 Å². The number of aromatic nitrogens is 2. The molecule has 0 aromatic carbocycles. The molecule has 2 rings (SSSR count). The van der Waals surface area contributed by atoms with E-state index < -0.39 is 0 Å². The summed E-state index contributed by atoms with van der Waals surface area (Å²) in [6.07, 6.45) is 4.24. The molecule has 78 valence electrons. The lowest BCUT2D eigenvalue weighted by atomic mass is 10.3. The maximum Gasteiger partial charge on any atom is 0.225 e. The van der Waals surface area contributed by atoms with Crippen molar-refractivity contribution in [2.75, 3.05) is 18.5 Å². The molecule has 0 atom stereocenters. The van der Waals surface area contributed by atoms with Crippen LogP contribution < -0.4 is 4.90 Å². The Kier molecular flexibility index (Phi) is 2.55. The van der Waals surface area contributed by atoms with E-state index in [1.54, 1.807) is 6.20 Å². The largest absolute Gasteiger partial charge is 0.344 e. The van der Waals surface area contributed by atoms with Gasteiger partial charge in [-0.2, -0.15) is 5.26 Å². The van der Waals surface area contributed by atoms with Crippen molar-refractivity contribution in [3.63, 3.8) is 0 Å². The van der Waals surface area contributed by atoms with Crippen LogP contribution in [0.5, 0.6) is 0 Å². The minimum atomic E-state index is 0.554. The van der Waals surface area contributed by atoms with Gasteiger partial charge in [0.1, 0.15) is 6.07 Å². The molecule has 0 aliphatic heterocycles. The standard InChI is InChI=1S/C11H14N4/c1-8-10(5-12)6-13-11(14-8)15(2)7-9-3-4-9/h6,9H,3-4,7H2,1-2H3. The molecule has 0 amide bonds. The van der Waals surface area contributed by atoms with Crippen LogP contribution in [0.2, 0.25) is 0 Å². The van der Waals surface area contributed by atoms with Crippen molar-refractivity contribution < 1.29 is 0 Å². The number of nitriles is 1. The van der Waals surface area contributed by atoms with E-state index in [-0.39, 0.29) is 0 Å². The third kappa shape index (κ3) is 2.24. The molecule has 0 spiro atoms. The Labute approximate surface area is 89.6 Å². The summed E-state index contributed by atoms with van der Waals surface area (Å²) in [5.74, 6) is 1.54. The smallest absolute Gasteiger partial charge is 0.225 e. The second-order valence-corrected chi connectivity index (χ2v) is 4.10. The molecule has 0 unspecified atom stereocenters. The van der Waals surface area contributed by atoms with E-state index in [1.807, 2.05) is 14.0 Å². The zero-order valence-corrected chi connectivity index (χ0v) is 9.06. The summed E-state index contributed by atoms with van der Waals surface area (Å²) in [6.45, 7) is 2.86. The van der Waals surface area contributed by atoms with E-state index >= 15 is 0 Å². The molecular weight excluding hydrogens is 188 g/mol.